The third-order valence-corrected chi connectivity index (χ3v) is 6.60. The lowest BCUT2D eigenvalue weighted by Crippen LogP contribution is -2.49. The van der Waals surface area contributed by atoms with Gasteiger partial charge < -0.3 is 0 Å². The fourth-order valence-electron chi connectivity index (χ4n) is 3.10. The lowest BCUT2D eigenvalue weighted by molar-refractivity contribution is 0.145. The molecular formula is C18H19F3N2O2S. The summed E-state index contributed by atoms with van der Waals surface area (Å²) in [5, 5.41) is 0. The van der Waals surface area contributed by atoms with Gasteiger partial charge in [0.25, 0.3) is 0 Å². The van der Waals surface area contributed by atoms with Gasteiger partial charge in [-0.15, -0.1) is 0 Å². The topological polar surface area (TPSA) is 40.6 Å². The molecule has 140 valence electrons. The van der Waals surface area contributed by atoms with Crippen LogP contribution in [0.2, 0.25) is 0 Å². The van der Waals surface area contributed by atoms with Crippen molar-refractivity contribution >= 4 is 10.0 Å². The van der Waals surface area contributed by atoms with Crippen LogP contribution in [-0.4, -0.2) is 43.8 Å². The maximum Gasteiger partial charge on any atom is 0.246 e. The molecule has 1 aliphatic heterocycles. The molecule has 0 radical (unpaired) electrons. The second-order valence-corrected chi connectivity index (χ2v) is 8.15. The van der Waals surface area contributed by atoms with Crippen molar-refractivity contribution in [2.75, 3.05) is 26.2 Å². The maximum absolute atomic E-state index is 13.9. The summed E-state index contributed by atoms with van der Waals surface area (Å²) in [6.45, 7) is 3.18. The molecule has 8 heteroatoms. The van der Waals surface area contributed by atoms with E-state index in [1.807, 2.05) is 6.92 Å². The molecule has 1 aliphatic rings. The second kappa shape index (κ2) is 7.38. The van der Waals surface area contributed by atoms with Gasteiger partial charge in [-0.1, -0.05) is 12.1 Å². The minimum atomic E-state index is -4.09. The molecule has 26 heavy (non-hydrogen) atoms. The molecule has 2 aromatic carbocycles. The van der Waals surface area contributed by atoms with Gasteiger partial charge in [0.1, 0.15) is 22.3 Å². The highest BCUT2D eigenvalue weighted by atomic mass is 32.2. The predicted molar refractivity (Wildman–Crippen MR) is 91.5 cm³/mol. The summed E-state index contributed by atoms with van der Waals surface area (Å²) in [5.74, 6) is -2.07. The Morgan fingerprint density at radius 1 is 0.885 bits per heavy atom. The zero-order valence-electron chi connectivity index (χ0n) is 14.2. The van der Waals surface area contributed by atoms with E-state index >= 15 is 0 Å². The van der Waals surface area contributed by atoms with Crippen molar-refractivity contribution in [1.82, 2.24) is 9.21 Å². The highest BCUT2D eigenvalue weighted by Crippen LogP contribution is 2.25. The fourth-order valence-corrected chi connectivity index (χ4v) is 4.60. The molecular weight excluding hydrogens is 365 g/mol. The first-order valence-corrected chi connectivity index (χ1v) is 9.68. The molecule has 0 saturated carbocycles. The first kappa shape index (κ1) is 18.9. The van der Waals surface area contributed by atoms with Crippen LogP contribution in [0, 0.1) is 17.5 Å². The standard InChI is InChI=1S/C18H19F3N2O2S/c1-13(14-2-4-15(19)5-3-14)22-8-10-23(11-9-22)26(24,25)18-12-16(20)6-7-17(18)21/h2-7,12-13H,8-11H2,1H3/t13-/m1/s1. The Kier molecular flexibility index (Phi) is 5.36. The van der Waals surface area contributed by atoms with Crippen LogP contribution in [0.15, 0.2) is 47.4 Å². The molecule has 0 spiro atoms. The van der Waals surface area contributed by atoms with Gasteiger partial charge >= 0.3 is 0 Å². The molecule has 0 amide bonds. The Labute approximate surface area is 150 Å². The first-order chi connectivity index (χ1) is 12.3. The van der Waals surface area contributed by atoms with E-state index in [0.717, 1.165) is 17.7 Å². The SMILES string of the molecule is C[C@H](c1ccc(F)cc1)N1CCN(S(=O)(=O)c2cc(F)ccc2F)CC1. The van der Waals surface area contributed by atoms with E-state index in [0.29, 0.717) is 19.2 Å². The van der Waals surface area contributed by atoms with Crippen molar-refractivity contribution < 1.29 is 21.6 Å². The van der Waals surface area contributed by atoms with Crippen LogP contribution in [0.5, 0.6) is 0 Å². The number of piperazine rings is 1. The van der Waals surface area contributed by atoms with Gasteiger partial charge in [-0.05, 0) is 42.8 Å². The molecule has 1 saturated heterocycles. The number of benzene rings is 2. The number of rotatable bonds is 4. The summed E-state index contributed by atoms with van der Waals surface area (Å²) in [6, 6.07) is 8.57. The number of halogens is 3. The van der Waals surface area contributed by atoms with Gasteiger partial charge in [0.05, 0.1) is 0 Å². The minimum absolute atomic E-state index is 0.00800. The van der Waals surface area contributed by atoms with Gasteiger partial charge in [-0.3, -0.25) is 4.90 Å². The van der Waals surface area contributed by atoms with E-state index < -0.39 is 26.6 Å². The fraction of sp³-hybridized carbons (Fsp3) is 0.333. The molecule has 3 rings (SSSR count). The Morgan fingerprint density at radius 3 is 2.08 bits per heavy atom. The van der Waals surface area contributed by atoms with Crippen LogP contribution in [-0.2, 0) is 10.0 Å². The smallest absolute Gasteiger partial charge is 0.246 e. The van der Waals surface area contributed by atoms with Crippen LogP contribution in [0.25, 0.3) is 0 Å². The molecule has 0 unspecified atom stereocenters. The van der Waals surface area contributed by atoms with Gasteiger partial charge in [-0.25, -0.2) is 21.6 Å². The van der Waals surface area contributed by atoms with E-state index in [9.17, 15) is 21.6 Å². The van der Waals surface area contributed by atoms with Crippen molar-refractivity contribution in [2.45, 2.75) is 17.9 Å². The highest BCUT2D eigenvalue weighted by Gasteiger charge is 2.32. The Hall–Kier alpha value is -1.90. The van der Waals surface area contributed by atoms with Crippen molar-refractivity contribution in [3.63, 3.8) is 0 Å². The average Bonchev–Trinajstić information content (AvgIpc) is 2.64. The number of nitrogens with zero attached hydrogens (tertiary/aromatic N) is 2. The van der Waals surface area contributed by atoms with E-state index in [2.05, 4.69) is 4.90 Å². The summed E-state index contributed by atoms with van der Waals surface area (Å²) in [4.78, 5) is 1.43. The minimum Gasteiger partial charge on any atom is -0.294 e. The van der Waals surface area contributed by atoms with Crippen LogP contribution >= 0.6 is 0 Å². The third-order valence-electron chi connectivity index (χ3n) is 4.68. The molecule has 4 nitrogen and oxygen atoms in total. The zero-order chi connectivity index (χ0) is 18.9. The van der Waals surface area contributed by atoms with Crippen molar-refractivity contribution in [3.05, 3.63) is 65.5 Å². The van der Waals surface area contributed by atoms with Gasteiger partial charge in [-0.2, -0.15) is 4.31 Å². The lowest BCUT2D eigenvalue weighted by atomic mass is 10.1. The Morgan fingerprint density at radius 2 is 1.46 bits per heavy atom. The molecule has 0 N–H and O–H groups in total. The molecule has 1 heterocycles. The summed E-state index contributed by atoms with van der Waals surface area (Å²) >= 11 is 0. The number of hydrogen-bond acceptors (Lipinski definition) is 3. The molecule has 0 aliphatic carbocycles. The summed E-state index contributed by atoms with van der Waals surface area (Å²) < 4.78 is 66.6. The van der Waals surface area contributed by atoms with Crippen LogP contribution in [0.1, 0.15) is 18.5 Å². The van der Waals surface area contributed by atoms with Crippen LogP contribution in [0.4, 0.5) is 13.2 Å². The summed E-state index contributed by atoms with van der Waals surface area (Å²) in [6.07, 6.45) is 0. The van der Waals surface area contributed by atoms with Crippen molar-refractivity contribution in [1.29, 1.82) is 0 Å². The van der Waals surface area contributed by atoms with Crippen molar-refractivity contribution in [3.8, 4) is 0 Å². The monoisotopic (exact) mass is 384 g/mol. The Bertz CT molecular complexity index is 880. The number of sulfonamides is 1. The zero-order valence-corrected chi connectivity index (χ0v) is 15.0. The molecule has 1 fully saturated rings. The van der Waals surface area contributed by atoms with E-state index in [4.69, 9.17) is 0 Å². The highest BCUT2D eigenvalue weighted by molar-refractivity contribution is 7.89. The maximum atomic E-state index is 13.9. The molecule has 0 aromatic heterocycles. The predicted octanol–water partition coefficient (Wildman–Crippen LogP) is 3.17. The quantitative estimate of drug-likeness (QED) is 0.813. The Balaban J connectivity index is 1.71. The average molecular weight is 384 g/mol. The second-order valence-electron chi connectivity index (χ2n) is 6.24. The van der Waals surface area contributed by atoms with E-state index in [-0.39, 0.29) is 24.9 Å². The van der Waals surface area contributed by atoms with E-state index in [1.54, 1.807) is 12.1 Å². The molecule has 2 aromatic rings. The van der Waals surface area contributed by atoms with Gasteiger partial charge in [0.15, 0.2) is 0 Å². The van der Waals surface area contributed by atoms with E-state index in [1.165, 1.54) is 16.4 Å². The number of hydrogen-bond donors (Lipinski definition) is 0. The normalized spacial score (nSPS) is 18.0. The summed E-state index contributed by atoms with van der Waals surface area (Å²) in [7, 11) is -4.09. The van der Waals surface area contributed by atoms with Gasteiger partial charge in [0, 0.05) is 32.2 Å². The summed E-state index contributed by atoms with van der Waals surface area (Å²) in [5.41, 5.74) is 0.930. The van der Waals surface area contributed by atoms with Gasteiger partial charge in [0.2, 0.25) is 10.0 Å². The lowest BCUT2D eigenvalue weighted by Gasteiger charge is -2.37. The van der Waals surface area contributed by atoms with Crippen molar-refractivity contribution in [2.24, 2.45) is 0 Å². The largest absolute Gasteiger partial charge is 0.294 e. The van der Waals surface area contributed by atoms with Crippen LogP contribution in [0.3, 0.4) is 0 Å². The molecule has 1 atom stereocenters. The first-order valence-electron chi connectivity index (χ1n) is 8.24. The third kappa shape index (κ3) is 3.77. The molecule has 0 bridgehead atoms. The van der Waals surface area contributed by atoms with Crippen LogP contribution < -0.4 is 0 Å².